The third-order valence-electron chi connectivity index (χ3n) is 6.47. The Morgan fingerprint density at radius 3 is 2.57 bits per heavy atom. The predicted octanol–water partition coefficient (Wildman–Crippen LogP) is 4.29. The monoisotopic (exact) mass is 505 g/mol. The number of fused-ring (bicyclic) bond motifs is 1. The number of nitrogens with one attached hydrogen (secondary N) is 1. The topological polar surface area (TPSA) is 127 Å². The largest absolute Gasteiger partial charge is 0.504 e. The van der Waals surface area contributed by atoms with Gasteiger partial charge in [0, 0.05) is 19.5 Å². The molecule has 4 aromatic rings. The zero-order valence-electron chi connectivity index (χ0n) is 21.5. The Labute approximate surface area is 214 Å². The van der Waals surface area contributed by atoms with Gasteiger partial charge in [-0.2, -0.15) is 0 Å². The lowest BCUT2D eigenvalue weighted by molar-refractivity contribution is -0.122. The maximum atomic E-state index is 13.5. The lowest BCUT2D eigenvalue weighted by Crippen LogP contribution is -2.34. The van der Waals surface area contributed by atoms with Crippen molar-refractivity contribution in [3.8, 4) is 17.2 Å². The highest BCUT2D eigenvalue weighted by Crippen LogP contribution is 2.37. The lowest BCUT2D eigenvalue weighted by Gasteiger charge is -2.24. The molecular formula is C28H31N3O6. The van der Waals surface area contributed by atoms with Crippen molar-refractivity contribution in [2.45, 2.75) is 39.2 Å². The number of carbonyl (C=O) groups is 1. The summed E-state index contributed by atoms with van der Waals surface area (Å²) >= 11 is 0. The standard InChI is InChI=1S/C28H31N3O6/c1-15(2)25(28-29-19-8-6-7-9-20(19)31(28)4)30-24(34)14-18(17-10-11-21(32)23(13-17)36-5)27-26(35)22(33)12-16(3)37-27/h6-13,15,18,25,32,35H,14H2,1-5H3,(H,30,34)/t18-,25+/m1/s1. The van der Waals surface area contributed by atoms with Crippen LogP contribution in [0.15, 0.2) is 57.7 Å². The summed E-state index contributed by atoms with van der Waals surface area (Å²) in [5.74, 6) is -0.587. The van der Waals surface area contributed by atoms with E-state index in [1.54, 1.807) is 19.1 Å². The van der Waals surface area contributed by atoms with Crippen LogP contribution in [-0.4, -0.2) is 32.8 Å². The van der Waals surface area contributed by atoms with E-state index in [9.17, 15) is 19.8 Å². The van der Waals surface area contributed by atoms with E-state index in [1.807, 2.05) is 49.7 Å². The minimum atomic E-state index is -0.824. The van der Waals surface area contributed by atoms with Gasteiger partial charge in [0.05, 0.1) is 30.1 Å². The van der Waals surface area contributed by atoms with Crippen molar-refractivity contribution in [3.05, 3.63) is 81.7 Å². The fourth-order valence-electron chi connectivity index (χ4n) is 4.52. The van der Waals surface area contributed by atoms with Crippen LogP contribution in [0, 0.1) is 12.8 Å². The van der Waals surface area contributed by atoms with Crippen LogP contribution in [0.4, 0.5) is 0 Å². The van der Waals surface area contributed by atoms with Crippen LogP contribution in [0.1, 0.15) is 55.1 Å². The van der Waals surface area contributed by atoms with Gasteiger partial charge >= 0.3 is 0 Å². The van der Waals surface area contributed by atoms with Gasteiger partial charge in [0.1, 0.15) is 11.6 Å². The number of aromatic nitrogens is 2. The number of methoxy groups -OCH3 is 1. The van der Waals surface area contributed by atoms with Crippen molar-refractivity contribution in [1.29, 1.82) is 0 Å². The minimum absolute atomic E-state index is 0.0250. The van der Waals surface area contributed by atoms with Crippen molar-refractivity contribution in [1.82, 2.24) is 14.9 Å². The van der Waals surface area contributed by atoms with Crippen LogP contribution >= 0.6 is 0 Å². The van der Waals surface area contributed by atoms with E-state index in [-0.39, 0.29) is 35.5 Å². The molecular weight excluding hydrogens is 474 g/mol. The Kier molecular flexibility index (Phi) is 7.24. The summed E-state index contributed by atoms with van der Waals surface area (Å²) in [4.78, 5) is 30.6. The number of aromatic hydroxyl groups is 2. The average molecular weight is 506 g/mol. The van der Waals surface area contributed by atoms with Gasteiger partial charge < -0.3 is 29.3 Å². The second kappa shape index (κ2) is 10.4. The van der Waals surface area contributed by atoms with E-state index in [0.29, 0.717) is 11.3 Å². The van der Waals surface area contributed by atoms with E-state index < -0.39 is 23.1 Å². The minimum Gasteiger partial charge on any atom is -0.504 e. The third kappa shape index (κ3) is 5.16. The van der Waals surface area contributed by atoms with Crippen LogP contribution in [0.5, 0.6) is 17.2 Å². The molecule has 3 N–H and O–H groups in total. The molecule has 0 radical (unpaired) electrons. The number of phenolic OH excluding ortho intramolecular Hbond substituents is 1. The van der Waals surface area contributed by atoms with E-state index in [4.69, 9.17) is 14.1 Å². The first-order valence-corrected chi connectivity index (χ1v) is 12.0. The second-order valence-corrected chi connectivity index (χ2v) is 9.43. The number of para-hydroxylation sites is 2. The zero-order chi connectivity index (χ0) is 26.9. The highest BCUT2D eigenvalue weighted by atomic mass is 16.5. The van der Waals surface area contributed by atoms with Gasteiger partial charge in [-0.15, -0.1) is 0 Å². The van der Waals surface area contributed by atoms with Gasteiger partial charge in [-0.25, -0.2) is 4.98 Å². The first-order chi connectivity index (χ1) is 17.6. The molecule has 2 atom stereocenters. The Hall–Kier alpha value is -4.27. The molecule has 2 aromatic carbocycles. The second-order valence-electron chi connectivity index (χ2n) is 9.43. The number of hydrogen-bond donors (Lipinski definition) is 3. The summed E-state index contributed by atoms with van der Waals surface area (Å²) in [5, 5.41) is 23.7. The van der Waals surface area contributed by atoms with Crippen LogP contribution in [0.3, 0.4) is 0 Å². The molecule has 0 unspecified atom stereocenters. The number of ether oxygens (including phenoxy) is 1. The number of hydrogen-bond acceptors (Lipinski definition) is 7. The number of carbonyl (C=O) groups excluding carboxylic acids is 1. The molecule has 0 aliphatic heterocycles. The highest BCUT2D eigenvalue weighted by molar-refractivity contribution is 5.79. The summed E-state index contributed by atoms with van der Waals surface area (Å²) in [7, 11) is 3.33. The molecule has 9 heteroatoms. The Bertz CT molecular complexity index is 1500. The molecule has 37 heavy (non-hydrogen) atoms. The predicted molar refractivity (Wildman–Crippen MR) is 139 cm³/mol. The van der Waals surface area contributed by atoms with Gasteiger partial charge in [-0.05, 0) is 42.7 Å². The van der Waals surface area contributed by atoms with Crippen LogP contribution in [-0.2, 0) is 11.8 Å². The Morgan fingerprint density at radius 1 is 1.16 bits per heavy atom. The van der Waals surface area contributed by atoms with Crippen molar-refractivity contribution in [2.75, 3.05) is 7.11 Å². The molecule has 0 fully saturated rings. The molecule has 9 nitrogen and oxygen atoms in total. The molecule has 2 aromatic heterocycles. The van der Waals surface area contributed by atoms with Crippen LogP contribution in [0.25, 0.3) is 11.0 Å². The van der Waals surface area contributed by atoms with Gasteiger partial charge in [0.2, 0.25) is 17.1 Å². The van der Waals surface area contributed by atoms with Crippen LogP contribution in [0.2, 0.25) is 0 Å². The Balaban J connectivity index is 1.72. The van der Waals surface area contributed by atoms with E-state index in [1.165, 1.54) is 19.2 Å². The number of amides is 1. The number of imidazole rings is 1. The number of rotatable bonds is 8. The number of nitrogens with zero attached hydrogens (tertiary/aromatic N) is 2. The van der Waals surface area contributed by atoms with Gasteiger partial charge in [0.15, 0.2) is 17.3 Å². The summed E-state index contributed by atoms with van der Waals surface area (Å²) in [6.07, 6.45) is -0.138. The SMILES string of the molecule is COc1cc([C@@H](CC(=O)N[C@H](c2nc3ccccc3n2C)C(C)C)c2oc(C)cc(=O)c2O)ccc1O. The van der Waals surface area contributed by atoms with Gasteiger partial charge in [-0.1, -0.05) is 32.0 Å². The average Bonchev–Trinajstić information content (AvgIpc) is 3.19. The smallest absolute Gasteiger partial charge is 0.227 e. The highest BCUT2D eigenvalue weighted by Gasteiger charge is 2.29. The fourth-order valence-corrected chi connectivity index (χ4v) is 4.52. The van der Waals surface area contributed by atoms with Crippen molar-refractivity contribution >= 4 is 16.9 Å². The summed E-state index contributed by atoms with van der Waals surface area (Å²) in [5.41, 5.74) is 1.71. The van der Waals surface area contributed by atoms with Crippen molar-refractivity contribution < 1.29 is 24.2 Å². The third-order valence-corrected chi connectivity index (χ3v) is 6.47. The van der Waals surface area contributed by atoms with Crippen molar-refractivity contribution in [3.63, 3.8) is 0 Å². The molecule has 0 saturated heterocycles. The molecule has 0 bridgehead atoms. The van der Waals surface area contributed by atoms with E-state index in [0.717, 1.165) is 16.9 Å². The molecule has 0 aliphatic rings. The van der Waals surface area contributed by atoms with E-state index >= 15 is 0 Å². The number of aryl methyl sites for hydroxylation is 2. The zero-order valence-corrected chi connectivity index (χ0v) is 21.5. The maximum Gasteiger partial charge on any atom is 0.227 e. The van der Waals surface area contributed by atoms with Gasteiger partial charge in [0.25, 0.3) is 0 Å². The van der Waals surface area contributed by atoms with E-state index in [2.05, 4.69) is 5.32 Å². The fraction of sp³-hybridized carbons (Fsp3) is 0.321. The normalized spacial score (nSPS) is 13.0. The molecule has 2 heterocycles. The summed E-state index contributed by atoms with van der Waals surface area (Å²) < 4.78 is 13.0. The number of benzene rings is 2. The summed E-state index contributed by atoms with van der Waals surface area (Å²) in [6, 6.07) is 13.1. The molecule has 0 spiro atoms. The molecule has 4 rings (SSSR count). The summed E-state index contributed by atoms with van der Waals surface area (Å²) in [6.45, 7) is 5.59. The van der Waals surface area contributed by atoms with Crippen LogP contribution < -0.4 is 15.5 Å². The quantitative estimate of drug-likeness (QED) is 0.326. The molecule has 0 aliphatic carbocycles. The first-order valence-electron chi connectivity index (χ1n) is 12.0. The maximum absolute atomic E-state index is 13.5. The first kappa shape index (κ1) is 25.8. The lowest BCUT2D eigenvalue weighted by atomic mass is 9.91. The molecule has 0 saturated carbocycles. The Morgan fingerprint density at radius 2 is 1.89 bits per heavy atom. The molecule has 194 valence electrons. The van der Waals surface area contributed by atoms with Gasteiger partial charge in [-0.3, -0.25) is 9.59 Å². The van der Waals surface area contributed by atoms with Crippen molar-refractivity contribution in [2.24, 2.45) is 13.0 Å². The molecule has 1 amide bonds. The number of phenols is 1.